The van der Waals surface area contributed by atoms with Crippen LogP contribution in [0.5, 0.6) is 5.75 Å². The first-order valence-electron chi connectivity index (χ1n) is 4.86. The van der Waals surface area contributed by atoms with Crippen LogP contribution in [0.25, 0.3) is 0 Å². The van der Waals surface area contributed by atoms with Gasteiger partial charge < -0.3 is 9.47 Å². The molecule has 0 heterocycles. The Hall–Kier alpha value is -0.880. The van der Waals surface area contributed by atoms with Gasteiger partial charge in [0, 0.05) is 10.4 Å². The highest BCUT2D eigenvalue weighted by Gasteiger charge is 2.15. The van der Waals surface area contributed by atoms with Crippen LogP contribution in [0.1, 0.15) is 11.1 Å². The number of esters is 1. The quantitative estimate of drug-likeness (QED) is 0.606. The van der Waals surface area contributed by atoms with Crippen molar-refractivity contribution in [3.8, 4) is 5.75 Å². The number of ether oxygens (including phenoxy) is 2. The highest BCUT2D eigenvalue weighted by molar-refractivity contribution is 9.08. The van der Waals surface area contributed by atoms with E-state index in [0.717, 1.165) is 0 Å². The minimum absolute atomic E-state index is 0.0226. The highest BCUT2D eigenvalue weighted by Crippen LogP contribution is 2.29. The summed E-state index contributed by atoms with van der Waals surface area (Å²) in [6.45, 7) is -2.92. The summed E-state index contributed by atoms with van der Waals surface area (Å²) in [5, 5.41) is 0.549. The molecular formula is C11H10BrClF2O3. The Morgan fingerprint density at radius 1 is 1.50 bits per heavy atom. The zero-order chi connectivity index (χ0) is 13.7. The van der Waals surface area contributed by atoms with Crippen molar-refractivity contribution >= 4 is 33.5 Å². The van der Waals surface area contributed by atoms with Crippen LogP contribution in [0, 0.1) is 0 Å². The van der Waals surface area contributed by atoms with Crippen molar-refractivity contribution in [1.82, 2.24) is 0 Å². The molecule has 0 fully saturated rings. The maximum Gasteiger partial charge on any atom is 0.387 e. The zero-order valence-electron chi connectivity index (χ0n) is 9.38. The molecule has 0 radical (unpaired) electrons. The van der Waals surface area contributed by atoms with Crippen molar-refractivity contribution < 1.29 is 23.0 Å². The van der Waals surface area contributed by atoms with E-state index in [4.69, 9.17) is 11.6 Å². The number of rotatable bonds is 5. The van der Waals surface area contributed by atoms with E-state index in [1.807, 2.05) is 0 Å². The highest BCUT2D eigenvalue weighted by atomic mass is 79.9. The van der Waals surface area contributed by atoms with Gasteiger partial charge in [0.2, 0.25) is 0 Å². The predicted octanol–water partition coefficient (Wildman–Crippen LogP) is 3.55. The maximum absolute atomic E-state index is 12.1. The Kier molecular flexibility index (Phi) is 5.81. The van der Waals surface area contributed by atoms with Crippen molar-refractivity contribution in [2.45, 2.75) is 18.4 Å². The van der Waals surface area contributed by atoms with E-state index in [1.165, 1.54) is 19.2 Å². The van der Waals surface area contributed by atoms with Crippen LogP contribution in [0.15, 0.2) is 12.1 Å². The molecule has 0 N–H and O–H groups in total. The molecular weight excluding hydrogens is 333 g/mol. The van der Waals surface area contributed by atoms with Crippen LogP contribution in [0.2, 0.25) is 5.02 Å². The van der Waals surface area contributed by atoms with Crippen LogP contribution >= 0.6 is 27.5 Å². The van der Waals surface area contributed by atoms with Gasteiger partial charge in [0.05, 0.1) is 13.5 Å². The molecule has 0 aliphatic carbocycles. The summed E-state index contributed by atoms with van der Waals surface area (Å²) >= 11 is 9.15. The number of carbonyl (C=O) groups is 1. The minimum Gasteiger partial charge on any atom is -0.469 e. The van der Waals surface area contributed by atoms with Crippen molar-refractivity contribution in [2.24, 2.45) is 0 Å². The Bertz CT molecular complexity index is 441. The Labute approximate surface area is 116 Å². The Morgan fingerprint density at radius 3 is 2.67 bits per heavy atom. The lowest BCUT2D eigenvalue weighted by atomic mass is 10.1. The third-order valence-corrected chi connectivity index (χ3v) is 3.12. The second-order valence-electron chi connectivity index (χ2n) is 3.31. The van der Waals surface area contributed by atoms with Crippen LogP contribution in [0.3, 0.4) is 0 Å². The molecule has 3 nitrogen and oxygen atoms in total. The number of hydrogen-bond donors (Lipinski definition) is 0. The molecule has 0 saturated carbocycles. The predicted molar refractivity (Wildman–Crippen MR) is 66.4 cm³/mol. The third kappa shape index (κ3) is 4.10. The molecule has 0 aliphatic heterocycles. The fraction of sp³-hybridized carbons (Fsp3) is 0.364. The fourth-order valence-corrected chi connectivity index (χ4v) is 2.17. The third-order valence-electron chi connectivity index (χ3n) is 2.18. The molecule has 1 aromatic rings. The van der Waals surface area contributed by atoms with E-state index in [1.54, 1.807) is 0 Å². The van der Waals surface area contributed by atoms with Crippen molar-refractivity contribution in [1.29, 1.82) is 0 Å². The molecule has 0 atom stereocenters. The van der Waals surface area contributed by atoms with Gasteiger partial charge in [-0.25, -0.2) is 0 Å². The van der Waals surface area contributed by atoms with Gasteiger partial charge in [0.1, 0.15) is 5.75 Å². The molecule has 7 heteroatoms. The number of alkyl halides is 3. The van der Waals surface area contributed by atoms with E-state index in [2.05, 4.69) is 25.4 Å². The second-order valence-corrected chi connectivity index (χ2v) is 4.28. The first-order chi connectivity index (χ1) is 8.47. The standard InChI is InChI=1S/C11H10BrClF2O3/c1-17-10(16)4-8-6(5-12)2-7(3-9(8)13)18-11(14)15/h2-3,11H,4-5H2,1H3. The molecule has 0 unspecified atom stereocenters. The van der Waals surface area contributed by atoms with E-state index < -0.39 is 12.6 Å². The zero-order valence-corrected chi connectivity index (χ0v) is 11.7. The number of hydrogen-bond acceptors (Lipinski definition) is 3. The van der Waals surface area contributed by atoms with Gasteiger partial charge in [0.25, 0.3) is 0 Å². The second kappa shape index (κ2) is 6.89. The van der Waals surface area contributed by atoms with E-state index in [9.17, 15) is 13.6 Å². The minimum atomic E-state index is -2.92. The van der Waals surface area contributed by atoms with Crippen LogP contribution in [-0.4, -0.2) is 19.7 Å². The van der Waals surface area contributed by atoms with Crippen LogP contribution in [0.4, 0.5) is 8.78 Å². The summed E-state index contributed by atoms with van der Waals surface area (Å²) < 4.78 is 33.0. The van der Waals surface area contributed by atoms with E-state index in [0.29, 0.717) is 16.5 Å². The molecule has 1 aromatic carbocycles. The van der Waals surface area contributed by atoms with Crippen molar-refractivity contribution in [3.63, 3.8) is 0 Å². The van der Waals surface area contributed by atoms with Crippen LogP contribution in [-0.2, 0) is 21.3 Å². The smallest absolute Gasteiger partial charge is 0.387 e. The molecule has 0 aromatic heterocycles. The number of halogens is 4. The lowest BCUT2D eigenvalue weighted by molar-refractivity contribution is -0.139. The maximum atomic E-state index is 12.1. The molecule has 1 rings (SSSR count). The van der Waals surface area contributed by atoms with E-state index >= 15 is 0 Å². The van der Waals surface area contributed by atoms with Gasteiger partial charge in [-0.15, -0.1) is 0 Å². The normalized spacial score (nSPS) is 10.6. The summed E-state index contributed by atoms with van der Waals surface area (Å²) in [6, 6.07) is 2.66. The molecule has 18 heavy (non-hydrogen) atoms. The van der Waals surface area contributed by atoms with E-state index in [-0.39, 0.29) is 17.2 Å². The average molecular weight is 344 g/mol. The molecule has 0 spiro atoms. The topological polar surface area (TPSA) is 35.5 Å². The Balaban J connectivity index is 3.07. The van der Waals surface area contributed by atoms with Gasteiger partial charge in [-0.2, -0.15) is 8.78 Å². The number of benzene rings is 1. The van der Waals surface area contributed by atoms with Crippen molar-refractivity contribution in [3.05, 3.63) is 28.3 Å². The van der Waals surface area contributed by atoms with Gasteiger partial charge in [-0.1, -0.05) is 27.5 Å². The summed E-state index contributed by atoms with van der Waals surface area (Å²) in [5.74, 6) is -0.500. The van der Waals surface area contributed by atoms with Gasteiger partial charge in [0.15, 0.2) is 0 Å². The molecule has 0 amide bonds. The number of carbonyl (C=O) groups excluding carboxylic acids is 1. The van der Waals surface area contributed by atoms with Crippen LogP contribution < -0.4 is 4.74 Å². The summed E-state index contributed by atoms with van der Waals surface area (Å²) in [5.41, 5.74) is 1.13. The van der Waals surface area contributed by atoms with Gasteiger partial charge in [-0.3, -0.25) is 4.79 Å². The molecule has 100 valence electrons. The lowest BCUT2D eigenvalue weighted by Crippen LogP contribution is -2.08. The van der Waals surface area contributed by atoms with Gasteiger partial charge in [-0.05, 0) is 23.3 Å². The SMILES string of the molecule is COC(=O)Cc1c(Cl)cc(OC(F)F)cc1CBr. The lowest BCUT2D eigenvalue weighted by Gasteiger charge is -2.12. The summed E-state index contributed by atoms with van der Waals surface area (Å²) in [7, 11) is 1.26. The summed E-state index contributed by atoms with van der Waals surface area (Å²) in [4.78, 5) is 11.2. The molecule has 0 aliphatic rings. The largest absolute Gasteiger partial charge is 0.469 e. The number of methoxy groups -OCH3 is 1. The fourth-order valence-electron chi connectivity index (χ4n) is 1.37. The average Bonchev–Trinajstić information content (AvgIpc) is 2.31. The monoisotopic (exact) mass is 342 g/mol. The van der Waals surface area contributed by atoms with Crippen molar-refractivity contribution in [2.75, 3.05) is 7.11 Å². The van der Waals surface area contributed by atoms with Gasteiger partial charge >= 0.3 is 12.6 Å². The first-order valence-corrected chi connectivity index (χ1v) is 6.36. The summed E-state index contributed by atoms with van der Waals surface area (Å²) in [6.07, 6.45) is -0.0226. The first kappa shape index (κ1) is 15.2. The Morgan fingerprint density at radius 2 is 2.17 bits per heavy atom. The molecule has 0 saturated heterocycles. The molecule has 0 bridgehead atoms.